The molecule has 4 aromatic rings. The van der Waals surface area contributed by atoms with Crippen LogP contribution in [0.2, 0.25) is 0 Å². The molecular formula is C16H16BN4-. The maximum atomic E-state index is 2.25. The van der Waals surface area contributed by atoms with Gasteiger partial charge < -0.3 is 17.9 Å². The van der Waals surface area contributed by atoms with Crippen LogP contribution in [0.15, 0.2) is 98.1 Å². The maximum absolute atomic E-state index is 2.25. The topological polar surface area (TPSA) is 19.7 Å². The molecule has 0 aromatic carbocycles. The van der Waals surface area contributed by atoms with E-state index in [1.165, 1.54) is 0 Å². The van der Waals surface area contributed by atoms with E-state index in [9.17, 15) is 0 Å². The fourth-order valence-corrected chi connectivity index (χ4v) is 3.24. The molecule has 21 heavy (non-hydrogen) atoms. The highest BCUT2D eigenvalue weighted by Crippen LogP contribution is 2.18. The van der Waals surface area contributed by atoms with Gasteiger partial charge in [0.05, 0.1) is 0 Å². The molecule has 4 heterocycles. The van der Waals surface area contributed by atoms with Gasteiger partial charge in [-0.1, -0.05) is 0 Å². The molecule has 5 heteroatoms. The van der Waals surface area contributed by atoms with Crippen LogP contribution in [0, 0.1) is 0 Å². The summed E-state index contributed by atoms with van der Waals surface area (Å²) in [5.74, 6) is 0. The van der Waals surface area contributed by atoms with Crippen molar-refractivity contribution in [1.29, 1.82) is 0 Å². The summed E-state index contributed by atoms with van der Waals surface area (Å²) in [6, 6.07) is 16.5. The Balaban J connectivity index is 2.10. The van der Waals surface area contributed by atoms with Crippen LogP contribution in [0.4, 0.5) is 0 Å². The Morgan fingerprint density at radius 3 is 0.714 bits per heavy atom. The minimum Gasteiger partial charge on any atom is -0.472 e. The first-order valence-corrected chi connectivity index (χ1v) is 7.10. The van der Waals surface area contributed by atoms with Gasteiger partial charge >= 0.3 is 6.69 Å². The van der Waals surface area contributed by atoms with E-state index < -0.39 is 6.69 Å². The van der Waals surface area contributed by atoms with Gasteiger partial charge in [0.25, 0.3) is 0 Å². The van der Waals surface area contributed by atoms with Crippen LogP contribution < -0.4 is 0 Å². The van der Waals surface area contributed by atoms with Crippen LogP contribution in [0.25, 0.3) is 0 Å². The van der Waals surface area contributed by atoms with Crippen molar-refractivity contribution in [1.82, 2.24) is 17.9 Å². The maximum Gasteiger partial charge on any atom is 0.401 e. The molecule has 4 aromatic heterocycles. The third-order valence-electron chi connectivity index (χ3n) is 4.11. The molecule has 104 valence electrons. The Bertz CT molecular complexity index is 638. The van der Waals surface area contributed by atoms with Crippen molar-refractivity contribution in [2.45, 2.75) is 0 Å². The van der Waals surface area contributed by atoms with Gasteiger partial charge in [-0.2, -0.15) is 0 Å². The molecule has 0 unspecified atom stereocenters. The number of hydrogen-bond acceptors (Lipinski definition) is 0. The van der Waals surface area contributed by atoms with E-state index in [4.69, 9.17) is 0 Å². The van der Waals surface area contributed by atoms with Gasteiger partial charge in [-0.15, -0.1) is 0 Å². The Morgan fingerprint density at radius 2 is 0.524 bits per heavy atom. The van der Waals surface area contributed by atoms with Gasteiger partial charge in [0.1, 0.15) is 0 Å². The van der Waals surface area contributed by atoms with Crippen molar-refractivity contribution >= 4 is 6.69 Å². The van der Waals surface area contributed by atoms with Crippen LogP contribution in [-0.2, 0) is 0 Å². The third-order valence-corrected chi connectivity index (χ3v) is 4.11. The van der Waals surface area contributed by atoms with Gasteiger partial charge in [0, 0.05) is 0 Å². The molecule has 4 rings (SSSR count). The highest BCUT2D eigenvalue weighted by molar-refractivity contribution is 6.73. The van der Waals surface area contributed by atoms with E-state index in [2.05, 4.69) is 116 Å². The summed E-state index contributed by atoms with van der Waals surface area (Å²) in [5.41, 5.74) is 0. The fourth-order valence-electron chi connectivity index (χ4n) is 3.24. The Morgan fingerprint density at radius 1 is 0.333 bits per heavy atom. The van der Waals surface area contributed by atoms with E-state index in [0.29, 0.717) is 0 Å². The standard InChI is InChI=1S/C16H16BN4/c1-2-10-18(9-1)17(19-11-3-4-12-19,20-13-5-6-14-20)21-15-7-8-16-21/h1-16H/q-1. The molecule has 0 aliphatic rings. The lowest BCUT2D eigenvalue weighted by atomic mass is 9.72. The molecule has 0 saturated carbocycles. The van der Waals surface area contributed by atoms with E-state index >= 15 is 0 Å². The van der Waals surface area contributed by atoms with E-state index in [0.717, 1.165) is 0 Å². The zero-order chi connectivity index (χ0) is 14.1. The molecule has 0 aliphatic carbocycles. The van der Waals surface area contributed by atoms with Crippen LogP contribution in [0.1, 0.15) is 0 Å². The molecule has 0 atom stereocenters. The molecule has 0 N–H and O–H groups in total. The first kappa shape index (κ1) is 12.0. The normalized spacial score (nSPS) is 11.8. The average Bonchev–Trinajstić information content (AvgIpc) is 3.32. The Labute approximate surface area is 123 Å². The van der Waals surface area contributed by atoms with Gasteiger partial charge in [-0.3, -0.25) is 0 Å². The predicted octanol–water partition coefficient (Wildman–Crippen LogP) is 2.82. The lowest BCUT2D eigenvalue weighted by Crippen LogP contribution is -2.62. The zero-order valence-corrected chi connectivity index (χ0v) is 11.6. The van der Waals surface area contributed by atoms with Crippen LogP contribution in [-0.4, -0.2) is 24.6 Å². The number of aromatic nitrogens is 4. The van der Waals surface area contributed by atoms with Crippen LogP contribution >= 0.6 is 0 Å². The highest BCUT2D eigenvalue weighted by Gasteiger charge is 2.32. The first-order chi connectivity index (χ1) is 10.4. The summed E-state index contributed by atoms with van der Waals surface area (Å²) >= 11 is 0. The zero-order valence-electron chi connectivity index (χ0n) is 11.6. The molecular weight excluding hydrogens is 259 g/mol. The molecule has 4 nitrogen and oxygen atoms in total. The van der Waals surface area contributed by atoms with Crippen LogP contribution in [0.3, 0.4) is 0 Å². The monoisotopic (exact) mass is 275 g/mol. The number of hydrogen-bond donors (Lipinski definition) is 0. The molecule has 0 spiro atoms. The van der Waals surface area contributed by atoms with Gasteiger partial charge in [-0.05, 0) is 98.1 Å². The predicted molar refractivity (Wildman–Crippen MR) is 85.1 cm³/mol. The second-order valence-corrected chi connectivity index (χ2v) is 5.21. The molecule has 0 amide bonds. The number of nitrogens with zero attached hydrogens (tertiary/aromatic N) is 4. The quantitative estimate of drug-likeness (QED) is 0.510. The van der Waals surface area contributed by atoms with Crippen molar-refractivity contribution in [2.75, 3.05) is 0 Å². The first-order valence-electron chi connectivity index (χ1n) is 7.10. The van der Waals surface area contributed by atoms with E-state index in [-0.39, 0.29) is 0 Å². The number of rotatable bonds is 4. The van der Waals surface area contributed by atoms with Gasteiger partial charge in [-0.25, -0.2) is 0 Å². The molecule has 0 fully saturated rings. The van der Waals surface area contributed by atoms with E-state index in [1.54, 1.807) is 0 Å². The fraction of sp³-hybridized carbons (Fsp3) is 0. The summed E-state index contributed by atoms with van der Waals surface area (Å²) < 4.78 is 9.00. The average molecular weight is 275 g/mol. The minimum atomic E-state index is -1.39. The molecule has 0 radical (unpaired) electrons. The molecule has 0 saturated heterocycles. The van der Waals surface area contributed by atoms with E-state index in [1.807, 2.05) is 0 Å². The molecule has 0 aliphatic heterocycles. The largest absolute Gasteiger partial charge is 0.472 e. The summed E-state index contributed by atoms with van der Waals surface area (Å²) in [4.78, 5) is 0. The van der Waals surface area contributed by atoms with Crippen molar-refractivity contribution in [2.24, 2.45) is 0 Å². The summed E-state index contributed by atoms with van der Waals surface area (Å²) in [5, 5.41) is 0. The lowest BCUT2D eigenvalue weighted by molar-refractivity contribution is 0.821. The summed E-state index contributed by atoms with van der Waals surface area (Å²) in [6.07, 6.45) is 16.9. The smallest absolute Gasteiger partial charge is 0.401 e. The van der Waals surface area contributed by atoms with Gasteiger partial charge in [0.15, 0.2) is 0 Å². The summed E-state index contributed by atoms with van der Waals surface area (Å²) in [7, 11) is 0. The Hall–Kier alpha value is -2.82. The highest BCUT2D eigenvalue weighted by atomic mass is 15.3. The van der Waals surface area contributed by atoms with Crippen LogP contribution in [0.5, 0.6) is 0 Å². The second-order valence-electron chi connectivity index (χ2n) is 5.21. The van der Waals surface area contributed by atoms with Gasteiger partial charge in [0.2, 0.25) is 0 Å². The SMILES string of the molecule is c1ccn([B-](n2cccc2)(n2cccc2)n2cccc2)c1. The van der Waals surface area contributed by atoms with Crippen molar-refractivity contribution < 1.29 is 0 Å². The van der Waals surface area contributed by atoms with Crippen molar-refractivity contribution in [3.8, 4) is 0 Å². The van der Waals surface area contributed by atoms with Crippen molar-refractivity contribution in [3.05, 3.63) is 98.1 Å². The minimum absolute atomic E-state index is 1.39. The molecule has 0 bridgehead atoms. The van der Waals surface area contributed by atoms with Crippen molar-refractivity contribution in [3.63, 3.8) is 0 Å². The second kappa shape index (κ2) is 4.63. The lowest BCUT2D eigenvalue weighted by Gasteiger charge is -2.46. The third kappa shape index (κ3) is 1.64. The summed E-state index contributed by atoms with van der Waals surface area (Å²) in [6.45, 7) is -1.39. The Kier molecular flexibility index (Phi) is 2.64.